The number of halogens is 1. The van der Waals surface area contributed by atoms with Gasteiger partial charge in [0.25, 0.3) is 0 Å². The van der Waals surface area contributed by atoms with Gasteiger partial charge < -0.3 is 0 Å². The van der Waals surface area contributed by atoms with Crippen LogP contribution in [-0.4, -0.2) is 11.7 Å². The van der Waals surface area contributed by atoms with E-state index in [4.69, 9.17) is 11.6 Å². The zero-order chi connectivity index (χ0) is 11.4. The monoisotopic (exact) mass is 224 g/mol. The Labute approximate surface area is 96.5 Å². The smallest absolute Gasteiger partial charge is 0.163 e. The van der Waals surface area contributed by atoms with Gasteiger partial charge in [-0.2, -0.15) is 0 Å². The summed E-state index contributed by atoms with van der Waals surface area (Å²) < 4.78 is 0. The van der Waals surface area contributed by atoms with Crippen LogP contribution in [-0.2, 0) is 0 Å². The van der Waals surface area contributed by atoms with Gasteiger partial charge in [-0.3, -0.25) is 4.79 Å². The van der Waals surface area contributed by atoms with Gasteiger partial charge in [-0.25, -0.2) is 0 Å². The van der Waals surface area contributed by atoms with E-state index in [0.29, 0.717) is 12.3 Å². The molecule has 1 nitrogen and oxygen atoms in total. The lowest BCUT2D eigenvalue weighted by Gasteiger charge is -2.09. The zero-order valence-electron chi connectivity index (χ0n) is 9.56. The molecule has 0 unspecified atom stereocenters. The summed E-state index contributed by atoms with van der Waals surface area (Å²) in [6, 6.07) is 4.11. The highest BCUT2D eigenvalue weighted by molar-refractivity contribution is 6.18. The van der Waals surface area contributed by atoms with E-state index in [-0.39, 0.29) is 5.78 Å². The van der Waals surface area contributed by atoms with Gasteiger partial charge in [0.15, 0.2) is 5.78 Å². The molecule has 0 aliphatic rings. The molecule has 0 aromatic heterocycles. The predicted molar refractivity (Wildman–Crippen MR) is 64.9 cm³/mol. The summed E-state index contributed by atoms with van der Waals surface area (Å²) in [6.45, 7) is 6.04. The van der Waals surface area contributed by atoms with Gasteiger partial charge in [0, 0.05) is 17.9 Å². The third-order valence-electron chi connectivity index (χ3n) is 2.49. The summed E-state index contributed by atoms with van der Waals surface area (Å²) in [6.07, 6.45) is 1.31. The predicted octanol–water partition coefficient (Wildman–Crippen LogP) is 3.81. The van der Waals surface area contributed by atoms with Crippen molar-refractivity contribution in [3.05, 3.63) is 34.4 Å². The van der Waals surface area contributed by atoms with Crippen molar-refractivity contribution in [2.75, 3.05) is 5.88 Å². The number of benzene rings is 1. The van der Waals surface area contributed by atoms with Crippen LogP contribution in [0, 0.1) is 20.8 Å². The van der Waals surface area contributed by atoms with Crippen molar-refractivity contribution in [1.82, 2.24) is 0 Å². The molecular formula is C13H17ClO. The fourth-order valence-corrected chi connectivity index (χ4v) is 2.11. The summed E-state index contributed by atoms with van der Waals surface area (Å²) in [5.41, 5.74) is 4.24. The molecule has 0 fully saturated rings. The Balaban J connectivity index is 2.98. The van der Waals surface area contributed by atoms with Crippen molar-refractivity contribution in [3.63, 3.8) is 0 Å². The van der Waals surface area contributed by atoms with Crippen LogP contribution in [0.25, 0.3) is 0 Å². The van der Waals surface area contributed by atoms with Gasteiger partial charge >= 0.3 is 0 Å². The topological polar surface area (TPSA) is 17.1 Å². The molecule has 2 heteroatoms. The van der Waals surface area contributed by atoms with E-state index in [1.165, 1.54) is 5.56 Å². The third kappa shape index (κ3) is 3.07. The maximum atomic E-state index is 11.9. The second-order valence-electron chi connectivity index (χ2n) is 3.99. The second kappa shape index (κ2) is 5.32. The van der Waals surface area contributed by atoms with E-state index in [1.807, 2.05) is 20.8 Å². The first-order valence-electron chi connectivity index (χ1n) is 5.23. The summed E-state index contributed by atoms with van der Waals surface area (Å²) in [4.78, 5) is 11.9. The minimum Gasteiger partial charge on any atom is -0.294 e. The molecule has 0 N–H and O–H groups in total. The molecular weight excluding hydrogens is 208 g/mol. The summed E-state index contributed by atoms with van der Waals surface area (Å²) >= 11 is 5.59. The molecule has 1 rings (SSSR count). The van der Waals surface area contributed by atoms with Crippen molar-refractivity contribution in [2.45, 2.75) is 33.6 Å². The molecule has 1 aromatic rings. The fourth-order valence-electron chi connectivity index (χ4n) is 1.97. The second-order valence-corrected chi connectivity index (χ2v) is 4.37. The first-order valence-corrected chi connectivity index (χ1v) is 5.76. The van der Waals surface area contributed by atoms with Crippen molar-refractivity contribution < 1.29 is 4.79 Å². The van der Waals surface area contributed by atoms with Crippen molar-refractivity contribution >= 4 is 17.4 Å². The number of alkyl halides is 1. The van der Waals surface area contributed by atoms with Crippen LogP contribution in [0.3, 0.4) is 0 Å². The maximum absolute atomic E-state index is 11.9. The lowest BCUT2D eigenvalue weighted by Crippen LogP contribution is -2.05. The van der Waals surface area contributed by atoms with E-state index < -0.39 is 0 Å². The molecule has 1 aromatic carbocycles. The molecule has 15 heavy (non-hydrogen) atoms. The van der Waals surface area contributed by atoms with Crippen LogP contribution < -0.4 is 0 Å². The van der Waals surface area contributed by atoms with Crippen LogP contribution >= 0.6 is 11.6 Å². The highest BCUT2D eigenvalue weighted by Crippen LogP contribution is 2.18. The average molecular weight is 225 g/mol. The van der Waals surface area contributed by atoms with Gasteiger partial charge in [-0.1, -0.05) is 17.7 Å². The van der Waals surface area contributed by atoms with E-state index in [0.717, 1.165) is 23.1 Å². The standard InChI is InChI=1S/C13H17ClO/c1-9-7-10(2)13(11(3)8-9)12(15)5-4-6-14/h7-8H,4-6H2,1-3H3. The number of hydrogen-bond donors (Lipinski definition) is 0. The van der Waals surface area contributed by atoms with Gasteiger partial charge in [0.1, 0.15) is 0 Å². The minimum atomic E-state index is 0.214. The van der Waals surface area contributed by atoms with E-state index in [9.17, 15) is 4.79 Å². The molecule has 0 radical (unpaired) electrons. The van der Waals surface area contributed by atoms with Gasteiger partial charge in [-0.15, -0.1) is 11.6 Å². The SMILES string of the molecule is Cc1cc(C)c(C(=O)CCCCl)c(C)c1. The quantitative estimate of drug-likeness (QED) is 0.562. The molecule has 82 valence electrons. The molecule has 0 saturated heterocycles. The molecule has 0 amide bonds. The molecule has 0 spiro atoms. The number of Topliss-reactive ketones (excluding diaryl/α,β-unsaturated/α-hetero) is 1. The average Bonchev–Trinajstić information content (AvgIpc) is 2.12. The summed E-state index contributed by atoms with van der Waals surface area (Å²) in [7, 11) is 0. The number of carbonyl (C=O) groups is 1. The number of aryl methyl sites for hydroxylation is 3. The van der Waals surface area contributed by atoms with E-state index >= 15 is 0 Å². The first kappa shape index (κ1) is 12.3. The third-order valence-corrected chi connectivity index (χ3v) is 2.76. The number of carbonyl (C=O) groups excluding carboxylic acids is 1. The normalized spacial score (nSPS) is 10.4. The first-order chi connectivity index (χ1) is 7.06. The van der Waals surface area contributed by atoms with Crippen molar-refractivity contribution in [2.24, 2.45) is 0 Å². The molecule has 0 bridgehead atoms. The van der Waals surface area contributed by atoms with E-state index in [1.54, 1.807) is 0 Å². The maximum Gasteiger partial charge on any atom is 0.163 e. The van der Waals surface area contributed by atoms with Crippen LogP contribution in [0.2, 0.25) is 0 Å². The Morgan fingerprint density at radius 1 is 1.20 bits per heavy atom. The Bertz CT molecular complexity index is 346. The van der Waals surface area contributed by atoms with Crippen LogP contribution in [0.1, 0.15) is 39.9 Å². The van der Waals surface area contributed by atoms with Crippen LogP contribution in [0.4, 0.5) is 0 Å². The molecule has 0 aliphatic carbocycles. The van der Waals surface area contributed by atoms with Gasteiger partial charge in [0.2, 0.25) is 0 Å². The minimum absolute atomic E-state index is 0.214. The Morgan fingerprint density at radius 3 is 2.20 bits per heavy atom. The van der Waals surface area contributed by atoms with Crippen molar-refractivity contribution in [1.29, 1.82) is 0 Å². The Hall–Kier alpha value is -0.820. The van der Waals surface area contributed by atoms with Crippen LogP contribution in [0.15, 0.2) is 12.1 Å². The lowest BCUT2D eigenvalue weighted by molar-refractivity contribution is 0.0981. The number of rotatable bonds is 4. The molecule has 0 aliphatic heterocycles. The largest absolute Gasteiger partial charge is 0.294 e. The van der Waals surface area contributed by atoms with Gasteiger partial charge in [-0.05, 0) is 38.3 Å². The summed E-state index contributed by atoms with van der Waals surface area (Å²) in [5.74, 6) is 0.765. The summed E-state index contributed by atoms with van der Waals surface area (Å²) in [5, 5.41) is 0. The van der Waals surface area contributed by atoms with E-state index in [2.05, 4.69) is 12.1 Å². The van der Waals surface area contributed by atoms with Crippen LogP contribution in [0.5, 0.6) is 0 Å². The van der Waals surface area contributed by atoms with Crippen molar-refractivity contribution in [3.8, 4) is 0 Å². The van der Waals surface area contributed by atoms with Gasteiger partial charge in [0.05, 0.1) is 0 Å². The fraction of sp³-hybridized carbons (Fsp3) is 0.462. The number of ketones is 1. The molecule has 0 atom stereocenters. The highest BCUT2D eigenvalue weighted by atomic mass is 35.5. The molecule has 0 heterocycles. The Kier molecular flexibility index (Phi) is 4.34. The number of hydrogen-bond acceptors (Lipinski definition) is 1. The highest BCUT2D eigenvalue weighted by Gasteiger charge is 2.11. The Morgan fingerprint density at radius 2 is 1.73 bits per heavy atom. The lowest BCUT2D eigenvalue weighted by atomic mass is 9.95. The molecule has 0 saturated carbocycles. The zero-order valence-corrected chi connectivity index (χ0v) is 10.3.